The van der Waals surface area contributed by atoms with E-state index in [0.29, 0.717) is 6.54 Å². The van der Waals surface area contributed by atoms with Gasteiger partial charge >= 0.3 is 0 Å². The Hall–Kier alpha value is -1.57. The van der Waals surface area contributed by atoms with Gasteiger partial charge in [-0.15, -0.1) is 5.54 Å². The quantitative estimate of drug-likeness (QED) is 0.628. The van der Waals surface area contributed by atoms with Gasteiger partial charge in [0.25, 0.3) is 0 Å². The summed E-state index contributed by atoms with van der Waals surface area (Å²) in [5.74, 6) is 3.17. The van der Waals surface area contributed by atoms with Crippen molar-refractivity contribution in [2.75, 3.05) is 11.4 Å². The fraction of sp³-hybridized carbons (Fsp3) is 0.400. The van der Waals surface area contributed by atoms with Crippen LogP contribution in [0, 0.1) is 11.5 Å². The molecule has 1 aromatic carbocycles. The van der Waals surface area contributed by atoms with E-state index in [0.717, 1.165) is 11.3 Å². The minimum Gasteiger partial charge on any atom is -0.391 e. The van der Waals surface area contributed by atoms with Gasteiger partial charge in [-0.05, 0) is 12.1 Å². The van der Waals surface area contributed by atoms with Crippen molar-refractivity contribution in [3.8, 4) is 11.5 Å². The maximum atomic E-state index is 11.9. The van der Waals surface area contributed by atoms with Gasteiger partial charge in [-0.2, -0.15) is 0 Å². The van der Waals surface area contributed by atoms with Crippen LogP contribution >= 0.6 is 0 Å². The molecule has 3 nitrogen and oxygen atoms in total. The molecular formula is C15H19NO2Si. The third-order valence-corrected chi connectivity index (χ3v) is 3.75. The molecule has 1 heterocycles. The van der Waals surface area contributed by atoms with Gasteiger partial charge in [0.05, 0.1) is 24.8 Å². The van der Waals surface area contributed by atoms with Crippen molar-refractivity contribution in [1.29, 1.82) is 0 Å². The molecule has 19 heavy (non-hydrogen) atoms. The molecule has 0 saturated carbocycles. The number of hydrogen-bond donors (Lipinski definition) is 1. The number of rotatable bonds is 1. The van der Waals surface area contributed by atoms with Crippen LogP contribution < -0.4 is 4.90 Å². The zero-order valence-corrected chi connectivity index (χ0v) is 12.6. The number of hydrogen-bond acceptors (Lipinski definition) is 2. The molecule has 100 valence electrons. The Morgan fingerprint density at radius 1 is 1.32 bits per heavy atom. The molecule has 1 unspecified atom stereocenters. The highest BCUT2D eigenvalue weighted by atomic mass is 28.3. The second kappa shape index (κ2) is 5.20. The largest absolute Gasteiger partial charge is 0.391 e. The van der Waals surface area contributed by atoms with Crippen LogP contribution in [0.5, 0.6) is 0 Å². The summed E-state index contributed by atoms with van der Waals surface area (Å²) >= 11 is 0. The molecule has 0 bridgehead atoms. The first-order valence-corrected chi connectivity index (χ1v) is 9.97. The fourth-order valence-electron chi connectivity index (χ4n) is 1.99. The highest BCUT2D eigenvalue weighted by Crippen LogP contribution is 2.25. The van der Waals surface area contributed by atoms with Crippen molar-refractivity contribution < 1.29 is 9.90 Å². The SMILES string of the molecule is C[Si](C)(C)C#Cc1ccccc1N1CC(O)CC1=O. The summed E-state index contributed by atoms with van der Waals surface area (Å²) in [4.78, 5) is 13.5. The molecule has 1 amide bonds. The zero-order valence-electron chi connectivity index (χ0n) is 11.6. The number of amides is 1. The maximum absolute atomic E-state index is 11.9. The summed E-state index contributed by atoms with van der Waals surface area (Å²) in [6.07, 6.45) is -0.360. The highest BCUT2D eigenvalue weighted by molar-refractivity contribution is 6.83. The predicted molar refractivity (Wildman–Crippen MR) is 79.6 cm³/mol. The molecule has 1 aromatic rings. The van der Waals surface area contributed by atoms with E-state index >= 15 is 0 Å². The molecule has 0 aromatic heterocycles. The summed E-state index contributed by atoms with van der Waals surface area (Å²) in [7, 11) is -1.45. The first kappa shape index (κ1) is 13.8. The molecule has 1 saturated heterocycles. The topological polar surface area (TPSA) is 40.5 Å². The summed E-state index contributed by atoms with van der Waals surface area (Å²) < 4.78 is 0. The Bertz CT molecular complexity index is 551. The molecule has 0 radical (unpaired) electrons. The third-order valence-electron chi connectivity index (χ3n) is 2.87. The van der Waals surface area contributed by atoms with Crippen LogP contribution in [0.4, 0.5) is 5.69 Å². The lowest BCUT2D eigenvalue weighted by atomic mass is 10.1. The Balaban J connectivity index is 2.36. The van der Waals surface area contributed by atoms with Crippen molar-refractivity contribution >= 4 is 19.7 Å². The van der Waals surface area contributed by atoms with Crippen molar-refractivity contribution in [2.45, 2.75) is 32.2 Å². The molecule has 1 atom stereocenters. The Morgan fingerprint density at radius 2 is 2.00 bits per heavy atom. The van der Waals surface area contributed by atoms with Crippen LogP contribution in [0.25, 0.3) is 0 Å². The smallest absolute Gasteiger partial charge is 0.229 e. The van der Waals surface area contributed by atoms with Gasteiger partial charge in [-0.1, -0.05) is 37.7 Å². The van der Waals surface area contributed by atoms with Crippen LogP contribution in [0.1, 0.15) is 12.0 Å². The van der Waals surface area contributed by atoms with E-state index in [-0.39, 0.29) is 12.3 Å². The van der Waals surface area contributed by atoms with Crippen molar-refractivity contribution in [1.82, 2.24) is 0 Å². The van der Waals surface area contributed by atoms with Crippen LogP contribution in [-0.4, -0.2) is 31.7 Å². The number of nitrogens with zero attached hydrogens (tertiary/aromatic N) is 1. The second-order valence-electron chi connectivity index (χ2n) is 5.88. The van der Waals surface area contributed by atoms with Crippen LogP contribution in [0.15, 0.2) is 24.3 Å². The minimum atomic E-state index is -1.45. The van der Waals surface area contributed by atoms with E-state index in [1.807, 2.05) is 24.3 Å². The molecule has 0 spiro atoms. The normalized spacial score (nSPS) is 19.3. The molecular weight excluding hydrogens is 254 g/mol. The van der Waals surface area contributed by atoms with E-state index in [2.05, 4.69) is 31.1 Å². The van der Waals surface area contributed by atoms with E-state index in [1.165, 1.54) is 0 Å². The molecule has 2 rings (SSSR count). The lowest BCUT2D eigenvalue weighted by Crippen LogP contribution is -2.26. The molecule has 4 heteroatoms. The Kier molecular flexibility index (Phi) is 3.79. The van der Waals surface area contributed by atoms with Gasteiger partial charge in [0, 0.05) is 5.56 Å². The van der Waals surface area contributed by atoms with Gasteiger partial charge in [0.2, 0.25) is 5.91 Å². The summed E-state index contributed by atoms with van der Waals surface area (Å²) in [6.45, 7) is 6.93. The number of benzene rings is 1. The van der Waals surface area contributed by atoms with Gasteiger partial charge in [-0.25, -0.2) is 0 Å². The first-order valence-electron chi connectivity index (χ1n) is 6.47. The summed E-state index contributed by atoms with van der Waals surface area (Å²) in [6, 6.07) is 7.65. The fourth-order valence-corrected chi connectivity index (χ4v) is 2.50. The Labute approximate surface area is 115 Å². The van der Waals surface area contributed by atoms with E-state index < -0.39 is 14.2 Å². The third kappa shape index (κ3) is 3.46. The first-order chi connectivity index (χ1) is 8.87. The molecule has 1 fully saturated rings. The highest BCUT2D eigenvalue weighted by Gasteiger charge is 2.30. The van der Waals surface area contributed by atoms with Crippen LogP contribution in [0.3, 0.4) is 0 Å². The number of carbonyl (C=O) groups is 1. The molecule has 0 aliphatic carbocycles. The van der Waals surface area contributed by atoms with E-state index in [1.54, 1.807) is 4.90 Å². The number of para-hydroxylation sites is 1. The lowest BCUT2D eigenvalue weighted by molar-refractivity contribution is -0.117. The number of aliphatic hydroxyl groups is 1. The second-order valence-corrected chi connectivity index (χ2v) is 10.6. The van der Waals surface area contributed by atoms with Crippen LogP contribution in [-0.2, 0) is 4.79 Å². The van der Waals surface area contributed by atoms with E-state index in [9.17, 15) is 9.90 Å². The number of β-amino-alcohol motifs (C(OH)–C–C–N with tert-alkyl or cyclic N) is 1. The van der Waals surface area contributed by atoms with Gasteiger partial charge in [-0.3, -0.25) is 4.79 Å². The average Bonchev–Trinajstić information content (AvgIpc) is 2.65. The average molecular weight is 273 g/mol. The summed E-state index contributed by atoms with van der Waals surface area (Å²) in [5, 5.41) is 9.59. The number of carbonyl (C=O) groups excluding carboxylic acids is 1. The van der Waals surface area contributed by atoms with Gasteiger partial charge < -0.3 is 10.0 Å². The van der Waals surface area contributed by atoms with Gasteiger partial charge in [0.1, 0.15) is 8.07 Å². The van der Waals surface area contributed by atoms with Crippen LogP contribution in [0.2, 0.25) is 19.6 Å². The standard InChI is InChI=1S/C15H19NO2Si/c1-19(2,3)9-8-12-6-4-5-7-14(12)16-11-13(17)10-15(16)18/h4-7,13,17H,10-11H2,1-3H3. The van der Waals surface area contributed by atoms with Crippen molar-refractivity contribution in [2.24, 2.45) is 0 Å². The molecule has 1 N–H and O–H groups in total. The Morgan fingerprint density at radius 3 is 2.58 bits per heavy atom. The van der Waals surface area contributed by atoms with Gasteiger partial charge in [0.15, 0.2) is 0 Å². The summed E-state index contributed by atoms with van der Waals surface area (Å²) in [5.41, 5.74) is 5.00. The molecule has 1 aliphatic rings. The number of aliphatic hydroxyl groups excluding tert-OH is 1. The predicted octanol–water partition coefficient (Wildman–Crippen LogP) is 2.01. The lowest BCUT2D eigenvalue weighted by Gasteiger charge is -2.17. The maximum Gasteiger partial charge on any atom is 0.229 e. The zero-order chi connectivity index (χ0) is 14.0. The molecule has 1 aliphatic heterocycles. The van der Waals surface area contributed by atoms with E-state index in [4.69, 9.17) is 0 Å². The number of anilines is 1. The monoisotopic (exact) mass is 273 g/mol. The van der Waals surface area contributed by atoms with Crippen molar-refractivity contribution in [3.63, 3.8) is 0 Å². The van der Waals surface area contributed by atoms with Crippen molar-refractivity contribution in [3.05, 3.63) is 29.8 Å². The minimum absolute atomic E-state index is 0.0326.